The monoisotopic (exact) mass is 315 g/mol. The highest BCUT2D eigenvalue weighted by Crippen LogP contribution is 2.30. The lowest BCUT2D eigenvalue weighted by atomic mass is 10.1. The summed E-state index contributed by atoms with van der Waals surface area (Å²) in [7, 11) is 0. The lowest BCUT2D eigenvalue weighted by Gasteiger charge is -2.15. The summed E-state index contributed by atoms with van der Waals surface area (Å²) in [5.41, 5.74) is 5.24. The Labute approximate surface area is 122 Å². The first-order chi connectivity index (χ1) is 9.20. The van der Waals surface area contributed by atoms with E-state index in [1.165, 1.54) is 18.2 Å². The molecule has 0 aromatic rings. The minimum Gasteiger partial charge on any atom is -0.480 e. The van der Waals surface area contributed by atoms with Crippen molar-refractivity contribution in [2.24, 2.45) is 11.7 Å². The second kappa shape index (κ2) is 12.1. The Morgan fingerprint density at radius 3 is 2.15 bits per heavy atom. The fourth-order valence-electron chi connectivity index (χ4n) is 1.06. The van der Waals surface area contributed by atoms with Crippen molar-refractivity contribution in [1.82, 2.24) is 0 Å². The molecule has 0 aliphatic heterocycles. The van der Waals surface area contributed by atoms with E-state index in [0.717, 1.165) is 6.08 Å². The molecule has 2 atom stereocenters. The summed E-state index contributed by atoms with van der Waals surface area (Å²) >= 11 is 1.27. The van der Waals surface area contributed by atoms with Gasteiger partial charge in [0.1, 0.15) is 6.04 Å². The lowest BCUT2D eigenvalue weighted by molar-refractivity contribution is -0.161. The average Bonchev–Trinajstić information content (AvgIpc) is 2.32. The minimum atomic E-state index is -4.25. The molecule has 0 aromatic carbocycles. The zero-order valence-electron chi connectivity index (χ0n) is 11.9. The third-order valence-corrected chi connectivity index (χ3v) is 3.22. The smallest absolute Gasteiger partial charge is 0.395 e. The third kappa shape index (κ3) is 12.3. The molecule has 0 aliphatic carbocycles. The molecule has 0 fully saturated rings. The topological polar surface area (TPSA) is 63.3 Å². The van der Waals surface area contributed by atoms with Gasteiger partial charge >= 0.3 is 12.1 Å². The second-order valence-electron chi connectivity index (χ2n) is 4.23. The number of hydrogen-bond donors (Lipinski definition) is 2. The first-order valence-electron chi connectivity index (χ1n) is 6.46. The van der Waals surface area contributed by atoms with Crippen LogP contribution in [0.5, 0.6) is 0 Å². The maximum atomic E-state index is 12.3. The average molecular weight is 315 g/mol. The fourth-order valence-corrected chi connectivity index (χ4v) is 2.11. The van der Waals surface area contributed by atoms with Crippen LogP contribution in [0.15, 0.2) is 12.7 Å². The molecule has 0 bridgehead atoms. The van der Waals surface area contributed by atoms with Gasteiger partial charge in [-0.3, -0.25) is 4.79 Å². The quantitative estimate of drug-likeness (QED) is 0.529. The second-order valence-corrected chi connectivity index (χ2v) is 5.45. The molecule has 3 N–H and O–H groups in total. The van der Waals surface area contributed by atoms with E-state index in [1.807, 2.05) is 0 Å². The largest absolute Gasteiger partial charge is 0.480 e. The minimum absolute atomic E-state index is 0.0417. The fraction of sp³-hybridized carbons (Fsp3) is 0.769. The number of rotatable bonds is 8. The molecule has 3 nitrogen and oxygen atoms in total. The molecule has 0 aliphatic rings. The number of carboxylic acid groups (broad SMARTS) is 1. The molecule has 20 heavy (non-hydrogen) atoms. The van der Waals surface area contributed by atoms with Crippen LogP contribution in [0, 0.1) is 5.92 Å². The predicted molar refractivity (Wildman–Crippen MR) is 77.9 cm³/mol. The van der Waals surface area contributed by atoms with Crippen LogP contribution in [-0.4, -0.2) is 34.8 Å². The summed E-state index contributed by atoms with van der Waals surface area (Å²) in [4.78, 5) is 10.4. The van der Waals surface area contributed by atoms with E-state index in [9.17, 15) is 18.0 Å². The summed E-state index contributed by atoms with van der Waals surface area (Å²) in [6.45, 7) is 7.40. The van der Waals surface area contributed by atoms with Crippen molar-refractivity contribution < 1.29 is 23.1 Å². The van der Waals surface area contributed by atoms with E-state index >= 15 is 0 Å². The highest BCUT2D eigenvalue weighted by Gasteiger charge is 2.36. The van der Waals surface area contributed by atoms with E-state index in [4.69, 9.17) is 10.8 Å². The van der Waals surface area contributed by atoms with E-state index in [1.54, 1.807) is 0 Å². The van der Waals surface area contributed by atoms with Gasteiger partial charge in [-0.2, -0.15) is 24.9 Å². The molecular weight excluding hydrogens is 291 g/mol. The van der Waals surface area contributed by atoms with Crippen LogP contribution < -0.4 is 5.73 Å². The number of aliphatic carboxylic acids is 1. The van der Waals surface area contributed by atoms with Crippen LogP contribution >= 0.6 is 11.8 Å². The van der Waals surface area contributed by atoms with Crippen molar-refractivity contribution in [2.75, 3.05) is 11.5 Å². The van der Waals surface area contributed by atoms with Crippen molar-refractivity contribution in [2.45, 2.75) is 45.3 Å². The molecule has 0 amide bonds. The van der Waals surface area contributed by atoms with E-state index < -0.39 is 24.1 Å². The molecule has 7 heteroatoms. The Morgan fingerprint density at radius 2 is 1.80 bits per heavy atom. The number of carbonyl (C=O) groups is 1. The van der Waals surface area contributed by atoms with Crippen LogP contribution in [-0.2, 0) is 4.79 Å². The van der Waals surface area contributed by atoms with Crippen molar-refractivity contribution in [3.63, 3.8) is 0 Å². The molecule has 2 unspecified atom stereocenters. The summed E-state index contributed by atoms with van der Waals surface area (Å²) in [5.74, 6) is -1.84. The number of alkyl halides is 3. The predicted octanol–water partition coefficient (Wildman–Crippen LogP) is 3.69. The van der Waals surface area contributed by atoms with Crippen LogP contribution in [0.1, 0.15) is 33.1 Å². The van der Waals surface area contributed by atoms with Gasteiger partial charge in [-0.15, -0.1) is 6.58 Å². The highest BCUT2D eigenvalue weighted by atomic mass is 32.2. The lowest BCUT2D eigenvalue weighted by Crippen LogP contribution is -2.30. The van der Waals surface area contributed by atoms with E-state index in [-0.39, 0.29) is 12.8 Å². The Bertz CT molecular complexity index is 273. The van der Waals surface area contributed by atoms with Gasteiger partial charge in [0, 0.05) is 0 Å². The van der Waals surface area contributed by atoms with Gasteiger partial charge in [0.05, 0.1) is 5.92 Å². The first kappa shape index (κ1) is 21.6. The molecular formula is C13H24F3NO2S. The van der Waals surface area contributed by atoms with Crippen LogP contribution in [0.2, 0.25) is 0 Å². The van der Waals surface area contributed by atoms with Gasteiger partial charge in [0.2, 0.25) is 0 Å². The van der Waals surface area contributed by atoms with Gasteiger partial charge in [0.25, 0.3) is 0 Å². The molecule has 0 saturated heterocycles. The Hall–Kier alpha value is -0.690. The normalized spacial score (nSPS) is 13.9. The van der Waals surface area contributed by atoms with Crippen LogP contribution in [0.4, 0.5) is 13.2 Å². The van der Waals surface area contributed by atoms with Gasteiger partial charge in [-0.1, -0.05) is 26.3 Å². The summed E-state index contributed by atoms with van der Waals surface area (Å²) in [5, 5.41) is 8.48. The maximum absolute atomic E-state index is 12.3. The summed E-state index contributed by atoms with van der Waals surface area (Å²) in [6.07, 6.45) is -1.89. The first-order valence-corrected chi connectivity index (χ1v) is 7.61. The standard InChI is InChI=1S/C10H16F3NO2S.C3H8/c1-2-7(10(11,12)13)3-5-17-6-4-8(14)9(15)16;1-3-2/h2,7-8H,1,3-6,14H2,(H,15,16);3H2,1-2H3. The van der Waals surface area contributed by atoms with E-state index in [0.29, 0.717) is 11.5 Å². The molecule has 0 saturated carbocycles. The van der Waals surface area contributed by atoms with Crippen LogP contribution in [0.25, 0.3) is 0 Å². The van der Waals surface area contributed by atoms with Crippen molar-refractivity contribution >= 4 is 17.7 Å². The highest BCUT2D eigenvalue weighted by molar-refractivity contribution is 7.99. The zero-order chi connectivity index (χ0) is 16.2. The number of halogens is 3. The summed E-state index contributed by atoms with van der Waals surface area (Å²) < 4.78 is 36.9. The number of thioether (sulfide) groups is 1. The van der Waals surface area contributed by atoms with Gasteiger partial charge in [-0.25, -0.2) is 0 Å². The molecule has 0 rings (SSSR count). The molecule has 0 spiro atoms. The van der Waals surface area contributed by atoms with Crippen molar-refractivity contribution in [1.29, 1.82) is 0 Å². The number of allylic oxidation sites excluding steroid dienone is 1. The molecule has 120 valence electrons. The van der Waals surface area contributed by atoms with Gasteiger partial charge < -0.3 is 10.8 Å². The number of carboxylic acids is 1. The molecule has 0 aromatic heterocycles. The maximum Gasteiger partial charge on any atom is 0.395 e. The van der Waals surface area contributed by atoms with E-state index in [2.05, 4.69) is 20.4 Å². The third-order valence-electron chi connectivity index (χ3n) is 2.17. The zero-order valence-corrected chi connectivity index (χ0v) is 12.8. The van der Waals surface area contributed by atoms with Gasteiger partial charge in [0.15, 0.2) is 0 Å². The number of hydrogen-bond acceptors (Lipinski definition) is 3. The Kier molecular flexibility index (Phi) is 13.1. The van der Waals surface area contributed by atoms with Gasteiger partial charge in [-0.05, 0) is 24.3 Å². The SMILES string of the molecule is C=CC(CCSCCC(N)C(=O)O)C(F)(F)F.CCC. The van der Waals surface area contributed by atoms with Crippen LogP contribution in [0.3, 0.4) is 0 Å². The molecule has 0 radical (unpaired) electrons. The molecule has 0 heterocycles. The summed E-state index contributed by atoms with van der Waals surface area (Å²) in [6, 6.07) is -0.944. The van der Waals surface area contributed by atoms with Crippen molar-refractivity contribution in [3.8, 4) is 0 Å². The Morgan fingerprint density at radius 1 is 1.35 bits per heavy atom. The number of nitrogens with two attached hydrogens (primary N) is 1. The van der Waals surface area contributed by atoms with Crippen molar-refractivity contribution in [3.05, 3.63) is 12.7 Å². The Balaban J connectivity index is 0.